The maximum atomic E-state index is 11.7. The largest absolute Gasteiger partial charge is 0.464 e. The first kappa shape index (κ1) is 18.7. The number of nitrogens with zero attached hydrogens (tertiary/aromatic N) is 1. The number of carbonyl (C=O) groups is 1. The van der Waals surface area contributed by atoms with Gasteiger partial charge in [0.25, 0.3) is 0 Å². The van der Waals surface area contributed by atoms with Crippen LogP contribution in [-0.4, -0.2) is 38.2 Å². The Morgan fingerprint density at radius 3 is 2.58 bits per heavy atom. The van der Waals surface area contributed by atoms with Crippen molar-refractivity contribution in [3.05, 3.63) is 23.8 Å². The molecular weight excluding hydrogens is 334 g/mol. The molecule has 2 rings (SSSR count). The number of anilines is 1. The van der Waals surface area contributed by atoms with E-state index in [0.717, 1.165) is 5.56 Å². The molecule has 0 bridgehead atoms. The van der Waals surface area contributed by atoms with Crippen molar-refractivity contribution < 1.29 is 27.2 Å². The standard InChI is InChI=1S/C16H23NO6S/c1-5-12(18)10-17(24(19,20)21)11-7-8-14-13(9-11)16(3,4)15(23-14)22-6-2/h7-9,15H,5-6,10H2,1-4H3,(H,19,20,21). The Bertz CT molecular complexity index is 728. The Kier molecular flexibility index (Phi) is 5.22. The van der Waals surface area contributed by atoms with Crippen molar-refractivity contribution in [2.24, 2.45) is 0 Å². The molecular formula is C16H23NO6S. The molecule has 0 aromatic heterocycles. The van der Waals surface area contributed by atoms with Crippen LogP contribution in [0.4, 0.5) is 5.69 Å². The Morgan fingerprint density at radius 1 is 1.38 bits per heavy atom. The zero-order valence-electron chi connectivity index (χ0n) is 14.3. The third-order valence-electron chi connectivity index (χ3n) is 4.08. The molecule has 1 N–H and O–H groups in total. The van der Waals surface area contributed by atoms with Crippen molar-refractivity contribution in [3.8, 4) is 5.75 Å². The van der Waals surface area contributed by atoms with E-state index in [9.17, 15) is 17.8 Å². The van der Waals surface area contributed by atoms with Gasteiger partial charge in [0.2, 0.25) is 6.29 Å². The molecule has 0 fully saturated rings. The van der Waals surface area contributed by atoms with Crippen LogP contribution in [0.1, 0.15) is 39.7 Å². The van der Waals surface area contributed by atoms with Crippen LogP contribution in [0.5, 0.6) is 5.75 Å². The normalized spacial score (nSPS) is 18.8. The first-order valence-electron chi connectivity index (χ1n) is 7.80. The fourth-order valence-electron chi connectivity index (χ4n) is 2.64. The second-order valence-corrected chi connectivity index (χ2v) is 7.52. The summed E-state index contributed by atoms with van der Waals surface area (Å²) in [5, 5.41) is 0. The lowest BCUT2D eigenvalue weighted by Gasteiger charge is -2.26. The van der Waals surface area contributed by atoms with Gasteiger partial charge in [-0.05, 0) is 39.0 Å². The molecule has 134 valence electrons. The molecule has 1 atom stereocenters. The molecule has 8 heteroatoms. The van der Waals surface area contributed by atoms with Gasteiger partial charge in [-0.3, -0.25) is 9.35 Å². The van der Waals surface area contributed by atoms with E-state index in [4.69, 9.17) is 9.47 Å². The Labute approximate surface area is 142 Å². The van der Waals surface area contributed by atoms with Crippen LogP contribution < -0.4 is 9.04 Å². The van der Waals surface area contributed by atoms with Crippen molar-refractivity contribution >= 4 is 21.8 Å². The van der Waals surface area contributed by atoms with Crippen molar-refractivity contribution in [1.82, 2.24) is 0 Å². The average Bonchev–Trinajstić information content (AvgIpc) is 2.74. The second kappa shape index (κ2) is 6.70. The van der Waals surface area contributed by atoms with Gasteiger partial charge in [-0.2, -0.15) is 8.42 Å². The van der Waals surface area contributed by atoms with Crippen LogP contribution in [0.25, 0.3) is 0 Å². The highest BCUT2D eigenvalue weighted by molar-refractivity contribution is 7.87. The smallest absolute Gasteiger partial charge is 0.360 e. The third kappa shape index (κ3) is 3.55. The Morgan fingerprint density at radius 2 is 2.04 bits per heavy atom. The molecule has 0 amide bonds. The minimum absolute atomic E-state index is 0.179. The number of ketones is 1. The van der Waals surface area contributed by atoms with Crippen LogP contribution in [0.3, 0.4) is 0 Å². The van der Waals surface area contributed by atoms with E-state index in [-0.39, 0.29) is 17.9 Å². The number of hydrogen-bond donors (Lipinski definition) is 1. The predicted molar refractivity (Wildman–Crippen MR) is 89.7 cm³/mol. The summed E-state index contributed by atoms with van der Waals surface area (Å²) in [5.41, 5.74) is 0.476. The molecule has 1 aliphatic rings. The summed E-state index contributed by atoms with van der Waals surface area (Å²) in [6, 6.07) is 4.74. The van der Waals surface area contributed by atoms with Crippen LogP contribution in [0, 0.1) is 0 Å². The predicted octanol–water partition coefficient (Wildman–Crippen LogP) is 2.31. The topological polar surface area (TPSA) is 93.1 Å². The van der Waals surface area contributed by atoms with E-state index in [0.29, 0.717) is 16.7 Å². The van der Waals surface area contributed by atoms with Gasteiger partial charge in [-0.25, -0.2) is 4.31 Å². The molecule has 1 aliphatic heterocycles. The quantitative estimate of drug-likeness (QED) is 0.753. The molecule has 7 nitrogen and oxygen atoms in total. The summed E-state index contributed by atoms with van der Waals surface area (Å²) in [4.78, 5) is 11.7. The van der Waals surface area contributed by atoms with Gasteiger partial charge in [0.1, 0.15) is 5.75 Å². The Hall–Kier alpha value is -1.64. The van der Waals surface area contributed by atoms with Gasteiger partial charge in [0.15, 0.2) is 5.78 Å². The summed E-state index contributed by atoms with van der Waals surface area (Å²) in [6.07, 6.45) is -0.304. The molecule has 1 heterocycles. The van der Waals surface area contributed by atoms with Crippen molar-refractivity contribution in [2.75, 3.05) is 17.5 Å². The molecule has 0 saturated heterocycles. The fourth-order valence-corrected chi connectivity index (χ4v) is 3.33. The second-order valence-electron chi connectivity index (χ2n) is 6.18. The van der Waals surface area contributed by atoms with E-state index < -0.39 is 28.6 Å². The average molecular weight is 357 g/mol. The van der Waals surface area contributed by atoms with E-state index in [1.165, 1.54) is 6.07 Å². The highest BCUT2D eigenvalue weighted by Gasteiger charge is 2.43. The lowest BCUT2D eigenvalue weighted by Crippen LogP contribution is -2.36. The van der Waals surface area contributed by atoms with Crippen LogP contribution in [-0.2, 0) is 25.3 Å². The fraction of sp³-hybridized carbons (Fsp3) is 0.562. The number of carbonyl (C=O) groups excluding carboxylic acids is 1. The summed E-state index contributed by atoms with van der Waals surface area (Å²) < 4.78 is 44.9. The van der Waals surface area contributed by atoms with E-state index in [1.807, 2.05) is 20.8 Å². The first-order valence-corrected chi connectivity index (χ1v) is 9.20. The highest BCUT2D eigenvalue weighted by atomic mass is 32.2. The molecule has 1 unspecified atom stereocenters. The molecule has 24 heavy (non-hydrogen) atoms. The van der Waals surface area contributed by atoms with Crippen LogP contribution in [0.2, 0.25) is 0 Å². The van der Waals surface area contributed by atoms with Crippen LogP contribution in [0.15, 0.2) is 18.2 Å². The SMILES string of the molecule is CCOC1Oc2ccc(N(CC(=O)CC)S(=O)(=O)O)cc2C1(C)C. The van der Waals surface area contributed by atoms with Gasteiger partial charge in [-0.1, -0.05) is 6.92 Å². The van der Waals surface area contributed by atoms with Gasteiger partial charge in [-0.15, -0.1) is 0 Å². The molecule has 0 saturated carbocycles. The van der Waals surface area contributed by atoms with Gasteiger partial charge in [0.05, 0.1) is 17.6 Å². The number of Topliss-reactive ketones (excluding diaryl/α,β-unsaturated/α-hetero) is 1. The minimum atomic E-state index is -4.56. The number of benzene rings is 1. The summed E-state index contributed by atoms with van der Waals surface area (Å²) in [7, 11) is -4.56. The number of fused-ring (bicyclic) bond motifs is 1. The monoisotopic (exact) mass is 357 g/mol. The van der Waals surface area contributed by atoms with E-state index in [1.54, 1.807) is 19.1 Å². The van der Waals surface area contributed by atoms with Crippen molar-refractivity contribution in [2.45, 2.75) is 45.8 Å². The van der Waals surface area contributed by atoms with Crippen molar-refractivity contribution in [3.63, 3.8) is 0 Å². The van der Waals surface area contributed by atoms with E-state index in [2.05, 4.69) is 0 Å². The van der Waals surface area contributed by atoms with Gasteiger partial charge >= 0.3 is 10.3 Å². The summed E-state index contributed by atoms with van der Waals surface area (Å²) in [6.45, 7) is 7.43. The summed E-state index contributed by atoms with van der Waals surface area (Å²) >= 11 is 0. The first-order chi connectivity index (χ1) is 11.1. The van der Waals surface area contributed by atoms with Crippen molar-refractivity contribution in [1.29, 1.82) is 0 Å². The number of ether oxygens (including phenoxy) is 2. The van der Waals surface area contributed by atoms with E-state index >= 15 is 0 Å². The maximum absolute atomic E-state index is 11.7. The highest BCUT2D eigenvalue weighted by Crippen LogP contribution is 2.44. The van der Waals surface area contributed by atoms with Crippen LogP contribution >= 0.6 is 0 Å². The molecule has 0 aliphatic carbocycles. The molecule has 1 aromatic carbocycles. The third-order valence-corrected chi connectivity index (χ3v) is 4.98. The van der Waals surface area contributed by atoms with Gasteiger partial charge in [0, 0.05) is 18.6 Å². The number of hydrogen-bond acceptors (Lipinski definition) is 5. The van der Waals surface area contributed by atoms with Gasteiger partial charge < -0.3 is 9.47 Å². The zero-order valence-corrected chi connectivity index (χ0v) is 15.1. The zero-order chi connectivity index (χ0) is 18.1. The molecule has 1 aromatic rings. The number of rotatable bonds is 7. The maximum Gasteiger partial charge on any atom is 0.360 e. The molecule has 0 spiro atoms. The lowest BCUT2D eigenvalue weighted by molar-refractivity contribution is -0.117. The Balaban J connectivity index is 2.44. The molecule has 0 radical (unpaired) electrons. The summed E-state index contributed by atoms with van der Waals surface area (Å²) in [5.74, 6) is 0.301. The lowest BCUT2D eigenvalue weighted by atomic mass is 9.85. The minimum Gasteiger partial charge on any atom is -0.464 e.